The number of nitrogens with zero attached hydrogens (tertiary/aromatic N) is 2. The molecule has 2 fully saturated rings. The first-order valence-corrected chi connectivity index (χ1v) is 10.8. The zero-order valence-electron chi connectivity index (χ0n) is 14.8. The molecule has 2 aliphatic rings. The van der Waals surface area contributed by atoms with Gasteiger partial charge in [-0.2, -0.15) is 0 Å². The van der Waals surface area contributed by atoms with Crippen LogP contribution >= 0.6 is 8.07 Å². The van der Waals surface area contributed by atoms with E-state index in [9.17, 15) is 0 Å². The Balaban J connectivity index is 1.66. The van der Waals surface area contributed by atoms with Crippen molar-refractivity contribution < 1.29 is 0 Å². The van der Waals surface area contributed by atoms with Gasteiger partial charge in [-0.05, 0) is 22.9 Å². The SMILES string of the molecule is c1ccc(C2N3CCCN2P(c2ccccc2)C3c2ccccc2)cc1. The minimum absolute atomic E-state index is 0.390. The van der Waals surface area contributed by atoms with Gasteiger partial charge in [-0.25, -0.2) is 0 Å². The Labute approximate surface area is 156 Å². The third kappa shape index (κ3) is 2.70. The standard InChI is InChI=1S/C23H23N2P/c1-4-11-19(12-5-1)22-24-17-10-18-25(22)26(21-15-8-3-9-16-21)23(24)20-13-6-2-7-14-20/h1-9,11-16,22-23H,10,17-18H2. The van der Waals surface area contributed by atoms with Gasteiger partial charge in [-0.3, -0.25) is 9.57 Å². The Morgan fingerprint density at radius 2 is 1.23 bits per heavy atom. The van der Waals surface area contributed by atoms with Crippen molar-refractivity contribution in [3.8, 4) is 0 Å². The molecule has 0 N–H and O–H groups in total. The van der Waals surface area contributed by atoms with Gasteiger partial charge in [-0.15, -0.1) is 0 Å². The zero-order chi connectivity index (χ0) is 17.3. The Morgan fingerprint density at radius 3 is 1.88 bits per heavy atom. The normalized spacial score (nSPS) is 30.2. The molecule has 2 aliphatic heterocycles. The zero-order valence-corrected chi connectivity index (χ0v) is 15.7. The van der Waals surface area contributed by atoms with E-state index >= 15 is 0 Å². The van der Waals surface area contributed by atoms with Crippen molar-refractivity contribution in [1.29, 1.82) is 0 Å². The Morgan fingerprint density at radius 1 is 0.654 bits per heavy atom. The molecule has 0 aromatic heterocycles. The van der Waals surface area contributed by atoms with Gasteiger partial charge >= 0.3 is 0 Å². The van der Waals surface area contributed by atoms with Gasteiger partial charge < -0.3 is 0 Å². The van der Waals surface area contributed by atoms with Crippen LogP contribution in [0.3, 0.4) is 0 Å². The van der Waals surface area contributed by atoms with Crippen molar-refractivity contribution in [3.05, 3.63) is 102 Å². The molecule has 130 valence electrons. The van der Waals surface area contributed by atoms with Gasteiger partial charge in [0.1, 0.15) is 0 Å². The molecule has 0 saturated carbocycles. The summed E-state index contributed by atoms with van der Waals surface area (Å²) in [6, 6.07) is 33.3. The molecule has 5 unspecified atom stereocenters. The summed E-state index contributed by atoms with van der Waals surface area (Å²) in [5, 5.41) is 1.49. The van der Waals surface area contributed by atoms with Crippen LogP contribution in [0.1, 0.15) is 29.5 Å². The average molecular weight is 358 g/mol. The van der Waals surface area contributed by atoms with Crippen molar-refractivity contribution in [2.75, 3.05) is 13.1 Å². The maximum atomic E-state index is 2.78. The highest BCUT2D eigenvalue weighted by molar-refractivity contribution is 7.63. The summed E-state index contributed by atoms with van der Waals surface area (Å²) < 4.78 is 2.78. The molecule has 2 heterocycles. The largest absolute Gasteiger partial charge is 0.271 e. The first-order valence-electron chi connectivity index (χ1n) is 9.40. The first kappa shape index (κ1) is 16.2. The van der Waals surface area contributed by atoms with E-state index in [2.05, 4.69) is 101 Å². The maximum absolute atomic E-state index is 2.78. The van der Waals surface area contributed by atoms with Gasteiger partial charge in [0, 0.05) is 21.2 Å². The number of rotatable bonds is 3. The van der Waals surface area contributed by atoms with E-state index in [1.807, 2.05) is 0 Å². The summed E-state index contributed by atoms with van der Waals surface area (Å²) in [6.45, 7) is 2.35. The highest BCUT2D eigenvalue weighted by Crippen LogP contribution is 2.67. The van der Waals surface area contributed by atoms with Crippen LogP contribution in [-0.4, -0.2) is 22.7 Å². The lowest BCUT2D eigenvalue weighted by Gasteiger charge is -2.36. The summed E-state index contributed by atoms with van der Waals surface area (Å²) in [5.41, 5.74) is 2.88. The van der Waals surface area contributed by atoms with E-state index in [0.717, 1.165) is 0 Å². The summed E-state index contributed by atoms with van der Waals surface area (Å²) in [6.07, 6.45) is 1.64. The number of fused-ring (bicyclic) bond motifs is 2. The molecule has 5 rings (SSSR count). The smallest absolute Gasteiger partial charge is 0.0930 e. The summed E-state index contributed by atoms with van der Waals surface area (Å²) in [5.74, 6) is 0.460. The van der Waals surface area contributed by atoms with Crippen LogP contribution in [0.2, 0.25) is 0 Å². The van der Waals surface area contributed by atoms with Crippen LogP contribution in [0, 0.1) is 0 Å². The first-order chi connectivity index (χ1) is 12.9. The predicted octanol–water partition coefficient (Wildman–Crippen LogP) is 5.13. The number of hydrogen-bond donors (Lipinski definition) is 0. The Kier molecular flexibility index (Phi) is 4.34. The summed E-state index contributed by atoms with van der Waals surface area (Å²) >= 11 is 0. The average Bonchev–Trinajstić information content (AvgIpc) is 2.92. The fourth-order valence-electron chi connectivity index (χ4n) is 4.41. The topological polar surface area (TPSA) is 6.48 Å². The van der Waals surface area contributed by atoms with E-state index in [0.29, 0.717) is 11.9 Å². The van der Waals surface area contributed by atoms with Gasteiger partial charge in [0.15, 0.2) is 0 Å². The molecule has 5 atom stereocenters. The molecule has 2 nitrogen and oxygen atoms in total. The minimum atomic E-state index is -0.424. The van der Waals surface area contributed by atoms with Gasteiger partial charge in [-0.1, -0.05) is 91.0 Å². The molecular weight excluding hydrogens is 335 g/mol. The third-order valence-electron chi connectivity index (χ3n) is 5.44. The van der Waals surface area contributed by atoms with Crippen molar-refractivity contribution in [2.45, 2.75) is 18.4 Å². The van der Waals surface area contributed by atoms with E-state index in [1.165, 1.54) is 35.9 Å². The fraction of sp³-hybridized carbons (Fsp3) is 0.217. The lowest BCUT2D eigenvalue weighted by Crippen LogP contribution is -2.38. The molecule has 3 aromatic carbocycles. The van der Waals surface area contributed by atoms with Crippen LogP contribution in [0.5, 0.6) is 0 Å². The predicted molar refractivity (Wildman–Crippen MR) is 109 cm³/mol. The minimum Gasteiger partial charge on any atom is -0.271 e. The second-order valence-corrected chi connectivity index (χ2v) is 9.21. The highest BCUT2D eigenvalue weighted by Gasteiger charge is 2.50. The lowest BCUT2D eigenvalue weighted by molar-refractivity contribution is 0.0872. The molecule has 0 aliphatic carbocycles. The van der Waals surface area contributed by atoms with Gasteiger partial charge in [0.2, 0.25) is 0 Å². The van der Waals surface area contributed by atoms with E-state index in [-0.39, 0.29) is 0 Å². The maximum Gasteiger partial charge on any atom is 0.0930 e. The van der Waals surface area contributed by atoms with Crippen LogP contribution in [0.4, 0.5) is 0 Å². The molecular formula is C23H23N2P. The van der Waals surface area contributed by atoms with Gasteiger partial charge in [0.05, 0.1) is 11.9 Å². The molecule has 2 saturated heterocycles. The highest BCUT2D eigenvalue weighted by atomic mass is 31.1. The Bertz CT molecular complexity index is 800. The summed E-state index contributed by atoms with van der Waals surface area (Å²) in [7, 11) is -0.424. The monoisotopic (exact) mass is 358 g/mol. The molecule has 2 bridgehead atoms. The molecule has 3 aromatic rings. The van der Waals surface area contributed by atoms with Crippen LogP contribution < -0.4 is 5.30 Å². The van der Waals surface area contributed by atoms with Crippen molar-refractivity contribution >= 4 is 13.4 Å². The molecule has 26 heavy (non-hydrogen) atoms. The van der Waals surface area contributed by atoms with Crippen molar-refractivity contribution in [1.82, 2.24) is 9.57 Å². The quantitative estimate of drug-likeness (QED) is 0.599. The molecule has 0 amide bonds. The number of benzene rings is 3. The lowest BCUT2D eigenvalue weighted by atomic mass is 10.1. The second kappa shape index (κ2) is 6.96. The molecule has 3 heteroatoms. The third-order valence-corrected chi connectivity index (χ3v) is 8.30. The van der Waals surface area contributed by atoms with Crippen LogP contribution in [-0.2, 0) is 0 Å². The second-order valence-electron chi connectivity index (χ2n) is 7.00. The van der Waals surface area contributed by atoms with E-state index in [1.54, 1.807) is 0 Å². The van der Waals surface area contributed by atoms with E-state index < -0.39 is 8.07 Å². The molecule has 0 radical (unpaired) electrons. The Hall–Kier alpha value is -1.99. The fourth-order valence-corrected chi connectivity index (χ4v) is 7.58. The van der Waals surface area contributed by atoms with Crippen molar-refractivity contribution in [2.24, 2.45) is 0 Å². The van der Waals surface area contributed by atoms with Crippen LogP contribution in [0.25, 0.3) is 0 Å². The van der Waals surface area contributed by atoms with Crippen LogP contribution in [0.15, 0.2) is 91.0 Å². The van der Waals surface area contributed by atoms with E-state index in [4.69, 9.17) is 0 Å². The van der Waals surface area contributed by atoms with Crippen molar-refractivity contribution in [3.63, 3.8) is 0 Å². The van der Waals surface area contributed by atoms with Gasteiger partial charge in [0.25, 0.3) is 0 Å². The summed E-state index contributed by atoms with van der Waals surface area (Å²) in [4.78, 5) is 2.74. The molecule has 0 spiro atoms. The number of hydrogen-bond acceptors (Lipinski definition) is 2.